The number of hydrogen-bond donors (Lipinski definition) is 1. The smallest absolute Gasteiger partial charge is 0.348 e. The summed E-state index contributed by atoms with van der Waals surface area (Å²) in [5.74, 6) is 0.114. The van der Waals surface area contributed by atoms with Crippen LogP contribution in [0, 0.1) is 10.1 Å². The molecule has 1 heterocycles. The highest BCUT2D eigenvalue weighted by atomic mass is 35.5. The SMILES string of the molecule is O=[N+]([O-])c1c(Cl)ncnc1NCCCCOC(c1ccccc1)(c1ccccc1)c1ccccc1. The van der Waals surface area contributed by atoms with E-state index in [-0.39, 0.29) is 16.7 Å². The molecule has 1 aromatic heterocycles. The summed E-state index contributed by atoms with van der Waals surface area (Å²) in [6.07, 6.45) is 2.65. The van der Waals surface area contributed by atoms with Gasteiger partial charge in [0.25, 0.3) is 0 Å². The zero-order valence-corrected chi connectivity index (χ0v) is 19.8. The van der Waals surface area contributed by atoms with Crippen molar-refractivity contribution in [3.8, 4) is 0 Å². The van der Waals surface area contributed by atoms with Crippen molar-refractivity contribution in [3.63, 3.8) is 0 Å². The van der Waals surface area contributed by atoms with E-state index in [4.69, 9.17) is 16.3 Å². The number of unbranched alkanes of at least 4 members (excludes halogenated alkanes) is 1. The zero-order chi connectivity index (χ0) is 24.5. The largest absolute Gasteiger partial charge is 0.364 e. The Morgan fingerprint density at radius 1 is 0.829 bits per heavy atom. The molecule has 0 atom stereocenters. The topological polar surface area (TPSA) is 90.2 Å². The van der Waals surface area contributed by atoms with Gasteiger partial charge < -0.3 is 10.1 Å². The fourth-order valence-electron chi connectivity index (χ4n) is 4.08. The molecule has 4 rings (SSSR count). The van der Waals surface area contributed by atoms with Crippen molar-refractivity contribution >= 4 is 23.1 Å². The molecule has 0 amide bonds. The molecule has 0 bridgehead atoms. The van der Waals surface area contributed by atoms with Gasteiger partial charge in [0.1, 0.15) is 11.9 Å². The zero-order valence-electron chi connectivity index (χ0n) is 19.0. The predicted octanol–water partition coefficient (Wildman–Crippen LogP) is 6.24. The minimum atomic E-state index is -0.768. The van der Waals surface area contributed by atoms with Crippen LogP contribution in [-0.4, -0.2) is 28.0 Å². The number of nitrogens with one attached hydrogen (secondary N) is 1. The van der Waals surface area contributed by atoms with E-state index in [0.29, 0.717) is 19.6 Å². The van der Waals surface area contributed by atoms with Gasteiger partial charge in [0, 0.05) is 13.2 Å². The second-order valence-electron chi connectivity index (χ2n) is 7.88. The Balaban J connectivity index is 1.51. The van der Waals surface area contributed by atoms with Crippen molar-refractivity contribution in [3.05, 3.63) is 129 Å². The van der Waals surface area contributed by atoms with Crippen molar-refractivity contribution in [2.24, 2.45) is 0 Å². The summed E-state index contributed by atoms with van der Waals surface area (Å²) in [5, 5.41) is 14.1. The molecule has 3 aromatic carbocycles. The van der Waals surface area contributed by atoms with Crippen LogP contribution in [0.2, 0.25) is 5.15 Å². The van der Waals surface area contributed by atoms with Crippen LogP contribution >= 0.6 is 11.6 Å². The third kappa shape index (κ3) is 5.48. The molecule has 0 radical (unpaired) electrons. The van der Waals surface area contributed by atoms with E-state index < -0.39 is 10.5 Å². The Bertz CT molecular complexity index is 1140. The van der Waals surface area contributed by atoms with Crippen LogP contribution in [-0.2, 0) is 10.3 Å². The fraction of sp³-hybridized carbons (Fsp3) is 0.185. The number of rotatable bonds is 11. The maximum absolute atomic E-state index is 11.3. The average molecular weight is 489 g/mol. The summed E-state index contributed by atoms with van der Waals surface area (Å²) in [6.45, 7) is 0.958. The normalized spacial score (nSPS) is 11.2. The molecule has 0 saturated heterocycles. The molecule has 0 aliphatic heterocycles. The van der Waals surface area contributed by atoms with Gasteiger partial charge >= 0.3 is 5.69 Å². The molecule has 0 aliphatic rings. The summed E-state index contributed by atoms with van der Waals surface area (Å²) >= 11 is 5.86. The summed E-state index contributed by atoms with van der Waals surface area (Å²) in [7, 11) is 0. The minimum Gasteiger partial charge on any atom is -0.364 e. The third-order valence-electron chi connectivity index (χ3n) is 5.68. The molecule has 35 heavy (non-hydrogen) atoms. The van der Waals surface area contributed by atoms with E-state index in [1.165, 1.54) is 6.33 Å². The van der Waals surface area contributed by atoms with Crippen LogP contribution < -0.4 is 5.32 Å². The van der Waals surface area contributed by atoms with Crippen LogP contribution in [0.3, 0.4) is 0 Å². The highest BCUT2D eigenvalue weighted by Gasteiger charge is 2.37. The van der Waals surface area contributed by atoms with Crippen molar-refractivity contribution in [1.29, 1.82) is 0 Å². The molecule has 8 heteroatoms. The van der Waals surface area contributed by atoms with Crippen LogP contribution in [0.5, 0.6) is 0 Å². The number of anilines is 1. The van der Waals surface area contributed by atoms with E-state index in [2.05, 4.69) is 51.7 Å². The van der Waals surface area contributed by atoms with Gasteiger partial charge in [-0.15, -0.1) is 0 Å². The summed E-state index contributed by atoms with van der Waals surface area (Å²) in [5.41, 5.74) is 2.04. The first-order chi connectivity index (χ1) is 17.1. The maximum atomic E-state index is 11.3. The van der Waals surface area contributed by atoms with Gasteiger partial charge in [-0.3, -0.25) is 10.1 Å². The predicted molar refractivity (Wildman–Crippen MR) is 137 cm³/mol. The first-order valence-corrected chi connectivity index (χ1v) is 11.7. The molecule has 0 aliphatic carbocycles. The van der Waals surface area contributed by atoms with Crippen LogP contribution in [0.4, 0.5) is 11.5 Å². The molecule has 0 spiro atoms. The lowest BCUT2D eigenvalue weighted by Crippen LogP contribution is -2.33. The maximum Gasteiger partial charge on any atom is 0.348 e. The second kappa shape index (κ2) is 11.6. The molecular weight excluding hydrogens is 464 g/mol. The molecule has 0 saturated carbocycles. The average Bonchev–Trinajstić information content (AvgIpc) is 2.90. The van der Waals surface area contributed by atoms with Crippen LogP contribution in [0.25, 0.3) is 0 Å². The van der Waals surface area contributed by atoms with Gasteiger partial charge in [-0.25, -0.2) is 9.97 Å². The highest BCUT2D eigenvalue weighted by molar-refractivity contribution is 6.31. The van der Waals surface area contributed by atoms with Gasteiger partial charge in [-0.1, -0.05) is 103 Å². The van der Waals surface area contributed by atoms with Gasteiger partial charge in [-0.2, -0.15) is 0 Å². The number of ether oxygens (including phenoxy) is 1. The van der Waals surface area contributed by atoms with Crippen LogP contribution in [0.1, 0.15) is 29.5 Å². The molecule has 0 fully saturated rings. The molecule has 4 aromatic rings. The number of benzene rings is 3. The Hall–Kier alpha value is -3.81. The Labute approximate surface area is 208 Å². The lowest BCUT2D eigenvalue weighted by molar-refractivity contribution is -0.384. The fourth-order valence-corrected chi connectivity index (χ4v) is 4.28. The van der Waals surface area contributed by atoms with Gasteiger partial charge in [0.15, 0.2) is 0 Å². The first kappa shape index (κ1) is 24.3. The number of hydrogen-bond acceptors (Lipinski definition) is 6. The Morgan fingerprint density at radius 2 is 1.34 bits per heavy atom. The summed E-state index contributed by atoms with van der Waals surface area (Å²) in [6, 6.07) is 30.6. The van der Waals surface area contributed by atoms with E-state index in [1.807, 2.05) is 54.6 Å². The number of nitrogens with zero attached hydrogens (tertiary/aromatic N) is 3. The third-order valence-corrected chi connectivity index (χ3v) is 5.96. The Kier molecular flexibility index (Phi) is 8.03. The molecule has 0 unspecified atom stereocenters. The number of halogens is 1. The first-order valence-electron chi connectivity index (χ1n) is 11.3. The van der Waals surface area contributed by atoms with Gasteiger partial charge in [0.05, 0.1) is 4.92 Å². The number of nitro groups is 1. The lowest BCUT2D eigenvalue weighted by atomic mass is 9.80. The van der Waals surface area contributed by atoms with E-state index in [9.17, 15) is 10.1 Å². The van der Waals surface area contributed by atoms with E-state index >= 15 is 0 Å². The lowest BCUT2D eigenvalue weighted by Gasteiger charge is -2.36. The van der Waals surface area contributed by atoms with Crippen molar-refractivity contribution in [2.45, 2.75) is 18.4 Å². The number of aromatic nitrogens is 2. The summed E-state index contributed by atoms with van der Waals surface area (Å²) < 4.78 is 6.74. The van der Waals surface area contributed by atoms with Crippen LogP contribution in [0.15, 0.2) is 97.3 Å². The molecule has 7 nitrogen and oxygen atoms in total. The van der Waals surface area contributed by atoms with Crippen molar-refractivity contribution in [2.75, 3.05) is 18.5 Å². The monoisotopic (exact) mass is 488 g/mol. The standard InChI is InChI=1S/C27H25ClN4O3/c28-25-24(32(33)34)26(31-20-30-25)29-18-10-11-19-35-27(21-12-4-1-5-13-21,22-14-6-2-7-15-22)23-16-8-3-9-17-23/h1-9,12-17,20H,10-11,18-19H2,(H,29,30,31). The van der Waals surface area contributed by atoms with Crippen molar-refractivity contribution in [1.82, 2.24) is 9.97 Å². The van der Waals surface area contributed by atoms with E-state index in [0.717, 1.165) is 23.1 Å². The van der Waals surface area contributed by atoms with Crippen molar-refractivity contribution < 1.29 is 9.66 Å². The highest BCUT2D eigenvalue weighted by Crippen LogP contribution is 2.40. The van der Waals surface area contributed by atoms with Gasteiger partial charge in [-0.05, 0) is 29.5 Å². The quantitative estimate of drug-likeness (QED) is 0.0883. The molecular formula is C27H25ClN4O3. The summed E-state index contributed by atoms with van der Waals surface area (Å²) in [4.78, 5) is 18.3. The second-order valence-corrected chi connectivity index (χ2v) is 8.24. The van der Waals surface area contributed by atoms with E-state index in [1.54, 1.807) is 0 Å². The minimum absolute atomic E-state index is 0.114. The molecule has 178 valence electrons. The molecule has 1 N–H and O–H groups in total. The Morgan fingerprint density at radius 3 is 1.83 bits per heavy atom. The van der Waals surface area contributed by atoms with Gasteiger partial charge in [0.2, 0.25) is 11.0 Å².